The molecule has 3 amide bonds. The van der Waals surface area contributed by atoms with Gasteiger partial charge in [-0.2, -0.15) is 5.26 Å². The zero-order valence-electron chi connectivity index (χ0n) is 20.3. The first-order valence-corrected chi connectivity index (χ1v) is 12.6. The van der Waals surface area contributed by atoms with E-state index in [-0.39, 0.29) is 42.3 Å². The number of nitrogens with zero attached hydrogens (tertiary/aromatic N) is 4. The number of likely N-dealkylation sites (N-methyl/N-ethyl adjacent to an activating group) is 1. The number of hydrogen-bond acceptors (Lipinski definition) is 6. The Hall–Kier alpha value is -2.67. The molecule has 0 bridgehead atoms. The van der Waals surface area contributed by atoms with Crippen LogP contribution < -0.4 is 10.6 Å². The van der Waals surface area contributed by atoms with Gasteiger partial charge in [0.2, 0.25) is 17.7 Å². The SMILES string of the molecule is CC(=O)N1CCC(C2CC3C(=O)N(CC(=O)N(C)Cc4ccc(C#N)c(Cl)c4)CNC3CN2)CC1. The van der Waals surface area contributed by atoms with E-state index in [0.29, 0.717) is 29.7 Å². The lowest BCUT2D eigenvalue weighted by molar-refractivity contribution is -0.148. The lowest BCUT2D eigenvalue weighted by Gasteiger charge is -2.46. The van der Waals surface area contributed by atoms with Gasteiger partial charge in [-0.25, -0.2) is 0 Å². The highest BCUT2D eigenvalue weighted by Gasteiger charge is 2.43. The minimum atomic E-state index is -0.156. The van der Waals surface area contributed by atoms with Gasteiger partial charge in [-0.3, -0.25) is 19.7 Å². The van der Waals surface area contributed by atoms with E-state index in [9.17, 15) is 14.4 Å². The van der Waals surface area contributed by atoms with Gasteiger partial charge in [-0.1, -0.05) is 17.7 Å². The summed E-state index contributed by atoms with van der Waals surface area (Å²) in [5.41, 5.74) is 1.22. The monoisotopic (exact) mass is 500 g/mol. The summed E-state index contributed by atoms with van der Waals surface area (Å²) in [4.78, 5) is 43.0. The van der Waals surface area contributed by atoms with Crippen molar-refractivity contribution in [3.8, 4) is 6.07 Å². The van der Waals surface area contributed by atoms with Crippen LogP contribution in [0.1, 0.15) is 37.3 Å². The van der Waals surface area contributed by atoms with Crippen LogP contribution in [-0.4, -0.2) is 84.4 Å². The Balaban J connectivity index is 1.32. The fourth-order valence-corrected chi connectivity index (χ4v) is 5.72. The third-order valence-corrected chi connectivity index (χ3v) is 7.96. The van der Waals surface area contributed by atoms with E-state index in [1.54, 1.807) is 42.0 Å². The minimum Gasteiger partial charge on any atom is -0.343 e. The number of halogens is 1. The summed E-state index contributed by atoms with van der Waals surface area (Å²) in [7, 11) is 1.70. The second-order valence-corrected chi connectivity index (χ2v) is 10.3. The maximum atomic E-state index is 13.3. The Kier molecular flexibility index (Phi) is 7.95. The molecule has 10 heteroatoms. The first-order chi connectivity index (χ1) is 16.8. The Labute approximate surface area is 211 Å². The van der Waals surface area contributed by atoms with Crippen molar-refractivity contribution in [1.82, 2.24) is 25.3 Å². The van der Waals surface area contributed by atoms with Gasteiger partial charge in [-0.05, 0) is 42.9 Å². The average molecular weight is 501 g/mol. The van der Waals surface area contributed by atoms with Crippen molar-refractivity contribution in [1.29, 1.82) is 5.26 Å². The number of rotatable bonds is 5. The molecule has 1 aromatic rings. The summed E-state index contributed by atoms with van der Waals surface area (Å²) >= 11 is 6.11. The van der Waals surface area contributed by atoms with Crippen LogP contribution in [0.25, 0.3) is 0 Å². The molecular weight excluding hydrogens is 468 g/mol. The summed E-state index contributed by atoms with van der Waals surface area (Å²) in [6, 6.07) is 7.46. The van der Waals surface area contributed by atoms with E-state index in [0.717, 1.165) is 44.5 Å². The predicted molar refractivity (Wildman–Crippen MR) is 131 cm³/mol. The van der Waals surface area contributed by atoms with Crippen molar-refractivity contribution in [3.05, 3.63) is 34.3 Å². The van der Waals surface area contributed by atoms with E-state index >= 15 is 0 Å². The minimum absolute atomic E-state index is 0.0185. The number of hydrogen-bond donors (Lipinski definition) is 2. The van der Waals surface area contributed by atoms with Crippen LogP contribution in [0.3, 0.4) is 0 Å². The van der Waals surface area contributed by atoms with Gasteiger partial charge in [0.05, 0.1) is 23.2 Å². The summed E-state index contributed by atoms with van der Waals surface area (Å²) < 4.78 is 0. The van der Waals surface area contributed by atoms with Crippen LogP contribution in [-0.2, 0) is 20.9 Å². The Morgan fingerprint density at radius 3 is 2.63 bits per heavy atom. The number of carbonyl (C=O) groups excluding carboxylic acids is 3. The normalized spacial score (nSPS) is 25.1. The van der Waals surface area contributed by atoms with Crippen LogP contribution >= 0.6 is 11.6 Å². The number of fused-ring (bicyclic) bond motifs is 1. The first-order valence-electron chi connectivity index (χ1n) is 12.2. The van der Waals surface area contributed by atoms with Crippen molar-refractivity contribution >= 4 is 29.3 Å². The number of nitriles is 1. The smallest absolute Gasteiger partial charge is 0.242 e. The number of amides is 3. The first kappa shape index (κ1) is 25.4. The van der Waals surface area contributed by atoms with E-state index < -0.39 is 0 Å². The van der Waals surface area contributed by atoms with Crippen LogP contribution in [0, 0.1) is 23.2 Å². The molecule has 4 rings (SSSR count). The number of carbonyl (C=O) groups is 3. The Morgan fingerprint density at radius 2 is 1.97 bits per heavy atom. The maximum absolute atomic E-state index is 13.3. The average Bonchev–Trinajstić information content (AvgIpc) is 2.85. The van der Waals surface area contributed by atoms with E-state index in [4.69, 9.17) is 16.9 Å². The van der Waals surface area contributed by atoms with E-state index in [2.05, 4.69) is 10.6 Å². The topological polar surface area (TPSA) is 109 Å². The van der Waals surface area contributed by atoms with Crippen LogP contribution in [0.15, 0.2) is 18.2 Å². The van der Waals surface area contributed by atoms with Crippen molar-refractivity contribution in [2.75, 3.05) is 39.9 Å². The van der Waals surface area contributed by atoms with Gasteiger partial charge in [-0.15, -0.1) is 0 Å². The molecule has 1 aromatic carbocycles. The van der Waals surface area contributed by atoms with Gasteiger partial charge < -0.3 is 20.0 Å². The van der Waals surface area contributed by atoms with Crippen molar-refractivity contribution in [3.63, 3.8) is 0 Å². The number of nitrogens with one attached hydrogen (secondary N) is 2. The summed E-state index contributed by atoms with van der Waals surface area (Å²) in [5.74, 6) is 0.295. The van der Waals surface area contributed by atoms with Gasteiger partial charge >= 0.3 is 0 Å². The predicted octanol–water partition coefficient (Wildman–Crippen LogP) is 1.16. The van der Waals surface area contributed by atoms with Crippen molar-refractivity contribution in [2.45, 2.75) is 44.8 Å². The molecule has 188 valence electrons. The molecule has 0 spiro atoms. The molecule has 0 radical (unpaired) electrons. The molecule has 3 atom stereocenters. The molecule has 0 aromatic heterocycles. The van der Waals surface area contributed by atoms with Crippen LogP contribution in [0.4, 0.5) is 0 Å². The van der Waals surface area contributed by atoms with Crippen LogP contribution in [0.2, 0.25) is 5.02 Å². The largest absolute Gasteiger partial charge is 0.343 e. The molecule has 3 fully saturated rings. The fraction of sp³-hybridized carbons (Fsp3) is 0.600. The number of likely N-dealkylation sites (tertiary alicyclic amines) is 1. The van der Waals surface area contributed by atoms with Gasteiger partial charge in [0.1, 0.15) is 12.6 Å². The van der Waals surface area contributed by atoms with Gasteiger partial charge in [0.15, 0.2) is 0 Å². The molecule has 3 saturated heterocycles. The lowest BCUT2D eigenvalue weighted by atomic mass is 9.78. The maximum Gasteiger partial charge on any atom is 0.242 e. The van der Waals surface area contributed by atoms with Crippen molar-refractivity contribution < 1.29 is 14.4 Å². The third-order valence-electron chi connectivity index (χ3n) is 7.65. The quantitative estimate of drug-likeness (QED) is 0.628. The highest BCUT2D eigenvalue weighted by Crippen LogP contribution is 2.30. The number of piperidine rings is 2. The van der Waals surface area contributed by atoms with E-state index in [1.165, 1.54) is 0 Å². The molecule has 3 aliphatic heterocycles. The highest BCUT2D eigenvalue weighted by atomic mass is 35.5. The molecule has 0 aliphatic carbocycles. The Morgan fingerprint density at radius 1 is 1.23 bits per heavy atom. The fourth-order valence-electron chi connectivity index (χ4n) is 5.47. The zero-order chi connectivity index (χ0) is 25.1. The van der Waals surface area contributed by atoms with Gasteiger partial charge in [0, 0.05) is 52.2 Å². The lowest BCUT2D eigenvalue weighted by Crippen LogP contribution is -2.66. The van der Waals surface area contributed by atoms with E-state index in [1.807, 2.05) is 11.0 Å². The molecule has 0 saturated carbocycles. The summed E-state index contributed by atoms with van der Waals surface area (Å²) in [5, 5.41) is 16.4. The second kappa shape index (κ2) is 10.9. The standard InChI is InChI=1S/C25H33ClN6O3/c1-16(33)31-7-5-18(6-8-31)22-10-20-23(12-28-22)29-15-32(25(20)35)14-24(34)30(2)13-17-3-4-19(11-27)21(26)9-17/h3-4,9,18,20,22-23,28-29H,5-8,10,12-15H2,1-2H3. The molecule has 9 nitrogen and oxygen atoms in total. The molecule has 35 heavy (non-hydrogen) atoms. The number of benzene rings is 1. The highest BCUT2D eigenvalue weighted by molar-refractivity contribution is 6.31. The molecule has 3 aliphatic rings. The van der Waals surface area contributed by atoms with Crippen molar-refractivity contribution in [2.24, 2.45) is 11.8 Å². The Bertz CT molecular complexity index is 1020. The molecule has 3 heterocycles. The third kappa shape index (κ3) is 5.77. The van der Waals surface area contributed by atoms with Crippen LogP contribution in [0.5, 0.6) is 0 Å². The zero-order valence-corrected chi connectivity index (χ0v) is 21.1. The molecule has 3 unspecified atom stereocenters. The second-order valence-electron chi connectivity index (χ2n) is 9.88. The van der Waals surface area contributed by atoms with Gasteiger partial charge in [0.25, 0.3) is 0 Å². The summed E-state index contributed by atoms with van der Waals surface area (Å²) in [6.07, 6.45) is 2.64. The molecule has 2 N–H and O–H groups in total. The summed E-state index contributed by atoms with van der Waals surface area (Å²) in [6.45, 7) is 4.61. The molecular formula is C25H33ClN6O3.